The first-order valence-electron chi connectivity index (χ1n) is 3.69. The topological polar surface area (TPSA) is 26.0 Å². The molecule has 0 saturated carbocycles. The van der Waals surface area contributed by atoms with Crippen molar-refractivity contribution in [1.29, 1.82) is 0 Å². The molecule has 0 bridgehead atoms. The van der Waals surface area contributed by atoms with Crippen LogP contribution in [0.2, 0.25) is 0 Å². The maximum Gasteiger partial charge on any atom is 0.138 e. The van der Waals surface area contributed by atoms with Crippen LogP contribution in [0.5, 0.6) is 0 Å². The Bertz CT molecular complexity index is 333. The van der Waals surface area contributed by atoms with E-state index in [2.05, 4.69) is 11.8 Å². The molecule has 0 aliphatic rings. The van der Waals surface area contributed by atoms with Crippen LogP contribution in [0, 0.1) is 24.6 Å². The molecule has 0 heterocycles. The van der Waals surface area contributed by atoms with Crippen molar-refractivity contribution in [2.75, 3.05) is 6.54 Å². The third-order valence-electron chi connectivity index (χ3n) is 1.45. The first kappa shape index (κ1) is 8.76. The van der Waals surface area contributed by atoms with Gasteiger partial charge in [-0.15, -0.1) is 0 Å². The standard InChI is InChI=1S/C10H10FN/c1-8-4-5-10(11)9(7-8)3-2-6-12/h4-5,7H,6,12H2,1H3. The minimum atomic E-state index is -0.290. The van der Waals surface area contributed by atoms with Crippen LogP contribution in [0.25, 0.3) is 0 Å². The van der Waals surface area contributed by atoms with Crippen molar-refractivity contribution in [2.45, 2.75) is 6.92 Å². The lowest BCUT2D eigenvalue weighted by molar-refractivity contribution is 0.624. The molecule has 0 amide bonds. The first-order valence-corrected chi connectivity index (χ1v) is 3.69. The summed E-state index contributed by atoms with van der Waals surface area (Å²) < 4.78 is 12.9. The van der Waals surface area contributed by atoms with Gasteiger partial charge in [0.2, 0.25) is 0 Å². The summed E-state index contributed by atoms with van der Waals surface area (Å²) in [6.07, 6.45) is 0. The van der Waals surface area contributed by atoms with E-state index in [4.69, 9.17) is 5.73 Å². The van der Waals surface area contributed by atoms with E-state index in [0.29, 0.717) is 5.56 Å². The maximum absolute atomic E-state index is 12.9. The largest absolute Gasteiger partial charge is 0.320 e. The molecule has 1 rings (SSSR count). The molecular weight excluding hydrogens is 153 g/mol. The molecule has 0 aliphatic carbocycles. The number of hydrogen-bond acceptors (Lipinski definition) is 1. The van der Waals surface area contributed by atoms with Crippen molar-refractivity contribution in [2.24, 2.45) is 5.73 Å². The number of aryl methyl sites for hydroxylation is 1. The van der Waals surface area contributed by atoms with Crippen LogP contribution in [-0.2, 0) is 0 Å². The molecule has 2 N–H and O–H groups in total. The molecule has 1 aromatic rings. The monoisotopic (exact) mass is 163 g/mol. The highest BCUT2D eigenvalue weighted by Gasteiger charge is 1.96. The Balaban J connectivity index is 3.05. The summed E-state index contributed by atoms with van der Waals surface area (Å²) >= 11 is 0. The fourth-order valence-electron chi connectivity index (χ4n) is 0.881. The van der Waals surface area contributed by atoms with Crippen LogP contribution in [0.1, 0.15) is 11.1 Å². The Morgan fingerprint density at radius 1 is 1.50 bits per heavy atom. The highest BCUT2D eigenvalue weighted by Crippen LogP contribution is 2.07. The third kappa shape index (κ3) is 2.08. The molecule has 2 heteroatoms. The molecule has 0 aromatic heterocycles. The van der Waals surface area contributed by atoms with E-state index in [-0.39, 0.29) is 12.4 Å². The second kappa shape index (κ2) is 3.89. The molecule has 0 radical (unpaired) electrons. The van der Waals surface area contributed by atoms with Crippen LogP contribution in [0.3, 0.4) is 0 Å². The van der Waals surface area contributed by atoms with Gasteiger partial charge in [0.1, 0.15) is 5.82 Å². The Morgan fingerprint density at radius 3 is 2.92 bits per heavy atom. The normalized spacial score (nSPS) is 8.92. The molecule has 0 aliphatic heterocycles. The lowest BCUT2D eigenvalue weighted by atomic mass is 10.1. The van der Waals surface area contributed by atoms with Gasteiger partial charge in [-0.05, 0) is 24.6 Å². The summed E-state index contributed by atoms with van der Waals surface area (Å²) in [5.41, 5.74) is 6.58. The fraction of sp³-hybridized carbons (Fsp3) is 0.200. The lowest BCUT2D eigenvalue weighted by Gasteiger charge is -1.95. The van der Waals surface area contributed by atoms with Crippen LogP contribution < -0.4 is 5.73 Å². The van der Waals surface area contributed by atoms with E-state index < -0.39 is 0 Å². The molecule has 62 valence electrons. The summed E-state index contributed by atoms with van der Waals surface area (Å²) in [6, 6.07) is 4.83. The third-order valence-corrected chi connectivity index (χ3v) is 1.45. The van der Waals surface area contributed by atoms with Gasteiger partial charge in [-0.3, -0.25) is 0 Å². The van der Waals surface area contributed by atoms with E-state index in [0.717, 1.165) is 5.56 Å². The zero-order valence-corrected chi connectivity index (χ0v) is 6.89. The molecule has 12 heavy (non-hydrogen) atoms. The molecule has 0 unspecified atom stereocenters. The second-order valence-corrected chi connectivity index (χ2v) is 2.49. The van der Waals surface area contributed by atoms with Crippen LogP contribution >= 0.6 is 0 Å². The van der Waals surface area contributed by atoms with Gasteiger partial charge in [0.05, 0.1) is 12.1 Å². The summed E-state index contributed by atoms with van der Waals surface area (Å²) in [4.78, 5) is 0. The van der Waals surface area contributed by atoms with Gasteiger partial charge < -0.3 is 5.73 Å². The van der Waals surface area contributed by atoms with Crippen molar-refractivity contribution >= 4 is 0 Å². The van der Waals surface area contributed by atoms with Crippen LogP contribution in [0.15, 0.2) is 18.2 Å². The van der Waals surface area contributed by atoms with Gasteiger partial charge in [-0.2, -0.15) is 0 Å². The Hall–Kier alpha value is -1.33. The summed E-state index contributed by atoms with van der Waals surface area (Å²) in [7, 11) is 0. The van der Waals surface area contributed by atoms with Crippen molar-refractivity contribution < 1.29 is 4.39 Å². The lowest BCUT2D eigenvalue weighted by Crippen LogP contribution is -1.93. The Labute approximate surface area is 71.4 Å². The zero-order chi connectivity index (χ0) is 8.97. The summed E-state index contributed by atoms with van der Waals surface area (Å²) in [5, 5.41) is 0. The molecule has 0 saturated heterocycles. The van der Waals surface area contributed by atoms with E-state index in [1.165, 1.54) is 6.07 Å². The maximum atomic E-state index is 12.9. The van der Waals surface area contributed by atoms with Gasteiger partial charge in [-0.1, -0.05) is 17.9 Å². The first-order chi connectivity index (χ1) is 5.74. The van der Waals surface area contributed by atoms with Crippen molar-refractivity contribution in [3.05, 3.63) is 35.1 Å². The molecule has 1 aromatic carbocycles. The quantitative estimate of drug-likeness (QED) is 0.575. The Kier molecular flexibility index (Phi) is 2.84. The van der Waals surface area contributed by atoms with Gasteiger partial charge in [-0.25, -0.2) is 4.39 Å². The molecule has 0 atom stereocenters. The highest BCUT2D eigenvalue weighted by molar-refractivity contribution is 5.38. The molecular formula is C10H10FN. The van der Waals surface area contributed by atoms with Gasteiger partial charge >= 0.3 is 0 Å². The van der Waals surface area contributed by atoms with Crippen LogP contribution in [0.4, 0.5) is 4.39 Å². The highest BCUT2D eigenvalue weighted by atomic mass is 19.1. The number of rotatable bonds is 0. The summed E-state index contributed by atoms with van der Waals surface area (Å²) in [6.45, 7) is 2.15. The predicted molar refractivity (Wildman–Crippen MR) is 47.1 cm³/mol. The SMILES string of the molecule is Cc1ccc(F)c(C#CCN)c1. The van der Waals surface area contributed by atoms with Crippen molar-refractivity contribution in [3.63, 3.8) is 0 Å². The second-order valence-electron chi connectivity index (χ2n) is 2.49. The van der Waals surface area contributed by atoms with E-state index >= 15 is 0 Å². The average molecular weight is 163 g/mol. The van der Waals surface area contributed by atoms with Crippen molar-refractivity contribution in [1.82, 2.24) is 0 Å². The van der Waals surface area contributed by atoms with Gasteiger partial charge in [0.25, 0.3) is 0 Å². The van der Waals surface area contributed by atoms with Gasteiger partial charge in [0.15, 0.2) is 0 Å². The van der Waals surface area contributed by atoms with E-state index in [9.17, 15) is 4.39 Å². The molecule has 0 spiro atoms. The minimum Gasteiger partial charge on any atom is -0.320 e. The van der Waals surface area contributed by atoms with E-state index in [1.807, 2.05) is 6.92 Å². The number of hydrogen-bond donors (Lipinski definition) is 1. The number of benzene rings is 1. The average Bonchev–Trinajstić information content (AvgIpc) is 2.07. The fourth-order valence-corrected chi connectivity index (χ4v) is 0.881. The number of nitrogens with two attached hydrogens (primary N) is 1. The van der Waals surface area contributed by atoms with Crippen molar-refractivity contribution in [3.8, 4) is 11.8 Å². The number of halogens is 1. The van der Waals surface area contributed by atoms with Crippen LogP contribution in [-0.4, -0.2) is 6.54 Å². The van der Waals surface area contributed by atoms with Gasteiger partial charge in [0, 0.05) is 0 Å². The summed E-state index contributed by atoms with van der Waals surface area (Å²) in [5.74, 6) is 4.98. The smallest absolute Gasteiger partial charge is 0.138 e. The minimum absolute atomic E-state index is 0.257. The zero-order valence-electron chi connectivity index (χ0n) is 6.89. The predicted octanol–water partition coefficient (Wildman–Crippen LogP) is 1.44. The van der Waals surface area contributed by atoms with E-state index in [1.54, 1.807) is 12.1 Å². The molecule has 1 nitrogen and oxygen atoms in total. The Morgan fingerprint density at radius 2 is 2.25 bits per heavy atom. The molecule has 0 fully saturated rings.